The van der Waals surface area contributed by atoms with Crippen LogP contribution in [0.4, 0.5) is 0 Å². The molecule has 0 aliphatic carbocycles. The van der Waals surface area contributed by atoms with Gasteiger partial charge in [-0.25, -0.2) is 0 Å². The molecule has 0 aliphatic rings. The molecule has 0 amide bonds. The number of hydrogen-bond acceptors (Lipinski definition) is 4. The van der Waals surface area contributed by atoms with Crippen molar-refractivity contribution >= 4 is 18.6 Å². The predicted octanol–water partition coefficient (Wildman–Crippen LogP) is 2.69. The highest BCUT2D eigenvalue weighted by Gasteiger charge is 2.17. The Kier molecular flexibility index (Phi) is 11.1. The fourth-order valence-electron chi connectivity index (χ4n) is 1.56. The van der Waals surface area contributed by atoms with Gasteiger partial charge in [-0.15, -0.1) is 0 Å². The molecule has 3 nitrogen and oxygen atoms in total. The highest BCUT2D eigenvalue weighted by Crippen LogP contribution is 2.15. The summed E-state index contributed by atoms with van der Waals surface area (Å²) in [6.45, 7) is 5.61. The summed E-state index contributed by atoms with van der Waals surface area (Å²) in [4.78, 5) is 11.7. The van der Waals surface area contributed by atoms with Crippen LogP contribution in [-0.4, -0.2) is 31.5 Å². The fraction of sp³-hybridized carbons (Fsp3) is 0.917. The Morgan fingerprint density at radius 3 is 2.25 bits per heavy atom. The number of carbonyl (C=O) groups excluding carboxylic acids is 1. The van der Waals surface area contributed by atoms with Crippen LogP contribution in [0, 0.1) is 5.92 Å². The summed E-state index contributed by atoms with van der Waals surface area (Å²) in [7, 11) is 0. The van der Waals surface area contributed by atoms with Crippen LogP contribution < -0.4 is 0 Å². The normalized spacial score (nSPS) is 10.8. The lowest BCUT2D eigenvalue weighted by molar-refractivity contribution is -0.150. The molecule has 16 heavy (non-hydrogen) atoms. The fourth-order valence-corrected chi connectivity index (χ4v) is 1.69. The topological polar surface area (TPSA) is 35.5 Å². The molecule has 96 valence electrons. The second-order valence-electron chi connectivity index (χ2n) is 3.78. The summed E-state index contributed by atoms with van der Waals surface area (Å²) >= 11 is 4.02. The van der Waals surface area contributed by atoms with Crippen molar-refractivity contribution in [1.82, 2.24) is 0 Å². The molecule has 0 unspecified atom stereocenters. The van der Waals surface area contributed by atoms with E-state index in [1.165, 1.54) is 0 Å². The van der Waals surface area contributed by atoms with Gasteiger partial charge in [0, 0.05) is 5.75 Å². The van der Waals surface area contributed by atoms with Crippen molar-refractivity contribution in [1.29, 1.82) is 0 Å². The molecule has 0 heterocycles. The Morgan fingerprint density at radius 2 is 1.75 bits per heavy atom. The van der Waals surface area contributed by atoms with Gasteiger partial charge in [-0.3, -0.25) is 4.79 Å². The third kappa shape index (κ3) is 7.99. The Bertz CT molecular complexity index is 168. The van der Waals surface area contributed by atoms with E-state index in [9.17, 15) is 4.79 Å². The van der Waals surface area contributed by atoms with Crippen LogP contribution >= 0.6 is 12.6 Å². The van der Waals surface area contributed by atoms with Crippen molar-refractivity contribution in [2.75, 3.05) is 25.6 Å². The molecule has 0 radical (unpaired) electrons. The first-order valence-corrected chi connectivity index (χ1v) is 6.74. The smallest absolute Gasteiger partial charge is 0.309 e. The Hall–Kier alpha value is -0.220. The molecule has 0 aliphatic heterocycles. The second-order valence-corrected chi connectivity index (χ2v) is 4.22. The average molecular weight is 248 g/mol. The lowest BCUT2D eigenvalue weighted by Crippen LogP contribution is -2.20. The largest absolute Gasteiger partial charge is 0.463 e. The van der Waals surface area contributed by atoms with E-state index < -0.39 is 0 Å². The van der Waals surface area contributed by atoms with Crippen molar-refractivity contribution in [3.8, 4) is 0 Å². The Balaban J connectivity index is 3.65. The van der Waals surface area contributed by atoms with Gasteiger partial charge >= 0.3 is 5.97 Å². The molecule has 0 aromatic rings. The third-order valence-electron chi connectivity index (χ3n) is 2.32. The number of rotatable bonds is 10. The van der Waals surface area contributed by atoms with E-state index in [1.807, 2.05) is 0 Å². The molecule has 4 heteroatoms. The summed E-state index contributed by atoms with van der Waals surface area (Å²) in [6.07, 6.45) is 3.89. The molecule has 0 spiro atoms. The molecule has 0 aromatic heterocycles. The quantitative estimate of drug-likeness (QED) is 0.367. The van der Waals surface area contributed by atoms with Crippen LogP contribution in [0.3, 0.4) is 0 Å². The van der Waals surface area contributed by atoms with Gasteiger partial charge in [-0.05, 0) is 12.8 Å². The number of hydrogen-bond donors (Lipinski definition) is 1. The van der Waals surface area contributed by atoms with E-state index in [0.717, 1.165) is 25.7 Å². The number of esters is 1. The van der Waals surface area contributed by atoms with Gasteiger partial charge in [-0.2, -0.15) is 12.6 Å². The zero-order chi connectivity index (χ0) is 12.2. The van der Waals surface area contributed by atoms with E-state index in [-0.39, 0.29) is 11.9 Å². The number of carbonyl (C=O) groups is 1. The van der Waals surface area contributed by atoms with E-state index in [2.05, 4.69) is 26.5 Å². The molecular weight excluding hydrogens is 224 g/mol. The minimum atomic E-state index is -0.0711. The molecule has 0 bridgehead atoms. The minimum absolute atomic E-state index is 0.0693. The van der Waals surface area contributed by atoms with Crippen molar-refractivity contribution in [3.63, 3.8) is 0 Å². The maximum absolute atomic E-state index is 11.7. The summed E-state index contributed by atoms with van der Waals surface area (Å²) in [5.41, 5.74) is 0. The second kappa shape index (κ2) is 11.3. The Morgan fingerprint density at radius 1 is 1.12 bits per heavy atom. The summed E-state index contributed by atoms with van der Waals surface area (Å²) in [6, 6.07) is 0. The first-order chi connectivity index (χ1) is 7.76. The zero-order valence-electron chi connectivity index (χ0n) is 10.4. The molecule has 0 saturated heterocycles. The van der Waals surface area contributed by atoms with Gasteiger partial charge in [-0.1, -0.05) is 26.7 Å². The van der Waals surface area contributed by atoms with Crippen molar-refractivity contribution in [2.45, 2.75) is 39.5 Å². The van der Waals surface area contributed by atoms with E-state index in [0.29, 0.717) is 25.6 Å². The predicted molar refractivity (Wildman–Crippen MR) is 68.9 cm³/mol. The highest BCUT2D eigenvalue weighted by molar-refractivity contribution is 7.80. The first kappa shape index (κ1) is 15.8. The molecule has 0 rings (SSSR count). The Labute approximate surface area is 104 Å². The maximum Gasteiger partial charge on any atom is 0.309 e. The van der Waals surface area contributed by atoms with Crippen LogP contribution in [0.2, 0.25) is 0 Å². The lowest BCUT2D eigenvalue weighted by Gasteiger charge is -2.14. The van der Waals surface area contributed by atoms with Crippen molar-refractivity contribution in [2.24, 2.45) is 5.92 Å². The molecule has 0 N–H and O–H groups in total. The minimum Gasteiger partial charge on any atom is -0.463 e. The highest BCUT2D eigenvalue weighted by atomic mass is 32.1. The monoisotopic (exact) mass is 248 g/mol. The SMILES string of the molecule is CCCC(CCC)C(=O)OCCOCCS. The van der Waals surface area contributed by atoms with E-state index in [1.54, 1.807) is 0 Å². The average Bonchev–Trinajstić information content (AvgIpc) is 2.28. The maximum atomic E-state index is 11.7. The molecule has 0 fully saturated rings. The van der Waals surface area contributed by atoms with Gasteiger partial charge in [0.15, 0.2) is 0 Å². The van der Waals surface area contributed by atoms with Gasteiger partial charge < -0.3 is 9.47 Å². The molecular formula is C12H24O3S. The van der Waals surface area contributed by atoms with Crippen molar-refractivity contribution in [3.05, 3.63) is 0 Å². The summed E-state index contributed by atoms with van der Waals surface area (Å²) < 4.78 is 10.3. The molecule has 0 atom stereocenters. The van der Waals surface area contributed by atoms with Crippen LogP contribution in [-0.2, 0) is 14.3 Å². The van der Waals surface area contributed by atoms with Crippen LogP contribution in [0.15, 0.2) is 0 Å². The standard InChI is InChI=1S/C12H24O3S/c1-3-5-11(6-4-2)12(13)15-8-7-14-9-10-16/h11,16H,3-10H2,1-2H3. The molecule has 0 aromatic carbocycles. The summed E-state index contributed by atoms with van der Waals surface area (Å²) in [5, 5.41) is 0. The van der Waals surface area contributed by atoms with Crippen molar-refractivity contribution < 1.29 is 14.3 Å². The van der Waals surface area contributed by atoms with Gasteiger partial charge in [0.1, 0.15) is 6.61 Å². The number of ether oxygens (including phenoxy) is 2. The third-order valence-corrected chi connectivity index (χ3v) is 2.50. The van der Waals surface area contributed by atoms with E-state index >= 15 is 0 Å². The van der Waals surface area contributed by atoms with Crippen LogP contribution in [0.25, 0.3) is 0 Å². The lowest BCUT2D eigenvalue weighted by atomic mass is 9.99. The first-order valence-electron chi connectivity index (χ1n) is 6.11. The number of thiol groups is 1. The van der Waals surface area contributed by atoms with Crippen LogP contribution in [0.5, 0.6) is 0 Å². The summed E-state index contributed by atoms with van der Waals surface area (Å²) in [5.74, 6) is 0.695. The van der Waals surface area contributed by atoms with Gasteiger partial charge in [0.05, 0.1) is 19.1 Å². The van der Waals surface area contributed by atoms with Gasteiger partial charge in [0.2, 0.25) is 0 Å². The van der Waals surface area contributed by atoms with E-state index in [4.69, 9.17) is 9.47 Å². The van der Waals surface area contributed by atoms with Crippen LogP contribution in [0.1, 0.15) is 39.5 Å². The van der Waals surface area contributed by atoms with Gasteiger partial charge in [0.25, 0.3) is 0 Å². The zero-order valence-corrected chi connectivity index (χ0v) is 11.3. The molecule has 0 saturated carbocycles.